The Morgan fingerprint density at radius 1 is 1.00 bits per heavy atom. The quantitative estimate of drug-likeness (QED) is 0.161. The first-order valence-corrected chi connectivity index (χ1v) is 13.4. The maximum absolute atomic E-state index is 13.5. The number of aromatic nitrogens is 1. The van der Waals surface area contributed by atoms with Crippen LogP contribution in [0.1, 0.15) is 43.0 Å². The molecule has 0 radical (unpaired) electrons. The summed E-state index contributed by atoms with van der Waals surface area (Å²) in [4.78, 5) is 33.1. The van der Waals surface area contributed by atoms with Crippen molar-refractivity contribution in [3.63, 3.8) is 0 Å². The standard InChI is InChI=1S/C30H28N2O5S/c1-4-15-37-21-12-10-19(11-13-21)27(33)25-26(20-7-6-8-22(17-20)36-5-2)32(29(35)28(25)34)30-31-23-14-9-18(3)16-24(23)38-30/h6-14,16-17,26,33H,4-5,15H2,1-3H3. The molecular formula is C30H28N2O5S. The van der Waals surface area contributed by atoms with E-state index in [4.69, 9.17) is 9.47 Å². The van der Waals surface area contributed by atoms with Crippen molar-refractivity contribution in [2.24, 2.45) is 0 Å². The Labute approximate surface area is 225 Å². The third-order valence-electron chi connectivity index (χ3n) is 6.27. The van der Waals surface area contributed by atoms with Gasteiger partial charge in [-0.25, -0.2) is 4.98 Å². The van der Waals surface area contributed by atoms with Gasteiger partial charge >= 0.3 is 5.91 Å². The van der Waals surface area contributed by atoms with Crippen LogP contribution in [0, 0.1) is 6.92 Å². The number of thiazole rings is 1. The Bertz CT molecular complexity index is 1540. The van der Waals surface area contributed by atoms with Crippen molar-refractivity contribution >= 4 is 44.1 Å². The van der Waals surface area contributed by atoms with Gasteiger partial charge in [0, 0.05) is 5.56 Å². The van der Waals surface area contributed by atoms with E-state index < -0.39 is 17.7 Å². The maximum atomic E-state index is 13.5. The predicted octanol–water partition coefficient (Wildman–Crippen LogP) is 6.42. The summed E-state index contributed by atoms with van der Waals surface area (Å²) in [6, 6.07) is 19.0. The first-order chi connectivity index (χ1) is 18.4. The molecule has 1 saturated heterocycles. The average Bonchev–Trinajstić information content (AvgIpc) is 3.45. The highest BCUT2D eigenvalue weighted by Gasteiger charge is 2.48. The summed E-state index contributed by atoms with van der Waals surface area (Å²) in [5.74, 6) is -0.493. The minimum atomic E-state index is -0.881. The fourth-order valence-electron chi connectivity index (χ4n) is 4.49. The number of ketones is 1. The number of hydrogen-bond donors (Lipinski definition) is 1. The van der Waals surface area contributed by atoms with E-state index in [-0.39, 0.29) is 11.3 Å². The van der Waals surface area contributed by atoms with Gasteiger partial charge in [-0.3, -0.25) is 14.5 Å². The van der Waals surface area contributed by atoms with Gasteiger partial charge in [0.25, 0.3) is 5.78 Å². The number of aliphatic hydroxyl groups is 1. The second kappa shape index (κ2) is 10.7. The summed E-state index contributed by atoms with van der Waals surface area (Å²) in [5.41, 5.74) is 2.86. The lowest BCUT2D eigenvalue weighted by atomic mass is 9.95. The van der Waals surface area contributed by atoms with Gasteiger partial charge in [-0.1, -0.05) is 36.5 Å². The maximum Gasteiger partial charge on any atom is 0.301 e. The zero-order chi connectivity index (χ0) is 26.8. The van der Waals surface area contributed by atoms with Crippen molar-refractivity contribution in [2.45, 2.75) is 33.2 Å². The monoisotopic (exact) mass is 528 g/mol. The van der Waals surface area contributed by atoms with Crippen LogP contribution in [0.4, 0.5) is 5.13 Å². The molecule has 38 heavy (non-hydrogen) atoms. The number of benzene rings is 3. The molecule has 1 amide bonds. The Hall–Kier alpha value is -4.17. The summed E-state index contributed by atoms with van der Waals surface area (Å²) < 4.78 is 12.2. The molecule has 0 aliphatic carbocycles. The first kappa shape index (κ1) is 25.5. The second-order valence-electron chi connectivity index (χ2n) is 9.02. The average molecular weight is 529 g/mol. The number of hydrogen-bond acceptors (Lipinski definition) is 7. The van der Waals surface area contributed by atoms with Gasteiger partial charge in [0.05, 0.1) is 35.0 Å². The number of ether oxygens (including phenoxy) is 2. The minimum absolute atomic E-state index is 0.00121. The summed E-state index contributed by atoms with van der Waals surface area (Å²) in [5, 5.41) is 11.8. The third kappa shape index (κ3) is 4.75. The van der Waals surface area contributed by atoms with Crippen LogP contribution in [0.15, 0.2) is 72.3 Å². The van der Waals surface area contributed by atoms with Crippen molar-refractivity contribution in [1.82, 2.24) is 4.98 Å². The molecule has 7 nitrogen and oxygen atoms in total. The van der Waals surface area contributed by atoms with Crippen LogP contribution in [0.2, 0.25) is 0 Å². The van der Waals surface area contributed by atoms with Crippen LogP contribution in [0.3, 0.4) is 0 Å². The molecule has 4 aromatic rings. The van der Waals surface area contributed by atoms with Gasteiger partial charge in [-0.15, -0.1) is 0 Å². The zero-order valence-electron chi connectivity index (χ0n) is 21.4. The van der Waals surface area contributed by atoms with Gasteiger partial charge in [0.1, 0.15) is 17.3 Å². The molecule has 1 atom stereocenters. The van der Waals surface area contributed by atoms with E-state index in [0.29, 0.717) is 41.0 Å². The lowest BCUT2D eigenvalue weighted by molar-refractivity contribution is -0.132. The van der Waals surface area contributed by atoms with Crippen LogP contribution in [0.25, 0.3) is 16.0 Å². The van der Waals surface area contributed by atoms with E-state index in [1.807, 2.05) is 57.2 Å². The number of aliphatic hydroxyl groups excluding tert-OH is 1. The van der Waals surface area contributed by atoms with Crippen LogP contribution < -0.4 is 14.4 Å². The molecular weight excluding hydrogens is 500 g/mol. The number of fused-ring (bicyclic) bond motifs is 1. The van der Waals surface area contributed by atoms with E-state index in [1.54, 1.807) is 30.3 Å². The smallest absolute Gasteiger partial charge is 0.301 e. The van der Waals surface area contributed by atoms with Gasteiger partial charge in [-0.2, -0.15) is 0 Å². The largest absolute Gasteiger partial charge is 0.507 e. The molecule has 5 rings (SSSR count). The van der Waals surface area contributed by atoms with Crippen molar-refractivity contribution in [3.8, 4) is 11.5 Å². The number of nitrogens with zero attached hydrogens (tertiary/aromatic N) is 2. The van der Waals surface area contributed by atoms with Crippen LogP contribution >= 0.6 is 11.3 Å². The molecule has 8 heteroatoms. The van der Waals surface area contributed by atoms with Crippen LogP contribution in [-0.2, 0) is 9.59 Å². The van der Waals surface area contributed by atoms with Crippen molar-refractivity contribution in [3.05, 3.63) is 89.0 Å². The molecule has 3 aromatic carbocycles. The SMILES string of the molecule is CCCOc1ccc(C(O)=C2C(=O)C(=O)N(c3nc4ccc(C)cc4s3)C2c2cccc(OCC)c2)cc1. The second-order valence-corrected chi connectivity index (χ2v) is 10.0. The number of rotatable bonds is 8. The van der Waals surface area contributed by atoms with E-state index >= 15 is 0 Å². The fraction of sp³-hybridized carbons (Fsp3) is 0.233. The molecule has 1 aliphatic heterocycles. The zero-order valence-corrected chi connectivity index (χ0v) is 22.2. The van der Waals surface area contributed by atoms with E-state index in [0.717, 1.165) is 22.2 Å². The number of carbonyl (C=O) groups is 2. The van der Waals surface area contributed by atoms with E-state index in [2.05, 4.69) is 4.98 Å². The highest BCUT2D eigenvalue weighted by Crippen LogP contribution is 2.45. The van der Waals surface area contributed by atoms with Gasteiger partial charge in [-0.05, 0) is 79.9 Å². The molecule has 2 heterocycles. The van der Waals surface area contributed by atoms with E-state index in [1.165, 1.54) is 16.2 Å². The minimum Gasteiger partial charge on any atom is -0.507 e. The summed E-state index contributed by atoms with van der Waals surface area (Å²) in [6.07, 6.45) is 0.872. The Morgan fingerprint density at radius 2 is 1.79 bits per heavy atom. The van der Waals surface area contributed by atoms with Crippen LogP contribution in [0.5, 0.6) is 11.5 Å². The highest BCUT2D eigenvalue weighted by atomic mass is 32.1. The topological polar surface area (TPSA) is 89.0 Å². The highest BCUT2D eigenvalue weighted by molar-refractivity contribution is 7.22. The Kier molecular flexibility index (Phi) is 7.15. The van der Waals surface area contributed by atoms with Crippen molar-refractivity contribution in [1.29, 1.82) is 0 Å². The molecule has 0 saturated carbocycles. The first-order valence-electron chi connectivity index (χ1n) is 12.6. The number of aryl methyl sites for hydroxylation is 1. The Morgan fingerprint density at radius 3 is 2.53 bits per heavy atom. The molecule has 1 fully saturated rings. The predicted molar refractivity (Wildman–Crippen MR) is 149 cm³/mol. The van der Waals surface area contributed by atoms with Crippen LogP contribution in [-0.4, -0.2) is 35.0 Å². The molecule has 1 N–H and O–H groups in total. The fourth-order valence-corrected chi connectivity index (χ4v) is 5.58. The summed E-state index contributed by atoms with van der Waals surface area (Å²) in [7, 11) is 0. The molecule has 1 aromatic heterocycles. The summed E-state index contributed by atoms with van der Waals surface area (Å²) >= 11 is 1.34. The molecule has 1 aliphatic rings. The van der Waals surface area contributed by atoms with Gasteiger partial charge in [0.2, 0.25) is 0 Å². The van der Waals surface area contributed by atoms with Crippen molar-refractivity contribution < 1.29 is 24.2 Å². The van der Waals surface area contributed by atoms with Crippen molar-refractivity contribution in [2.75, 3.05) is 18.1 Å². The van der Waals surface area contributed by atoms with Gasteiger partial charge in [0.15, 0.2) is 5.13 Å². The normalized spacial score (nSPS) is 16.8. The van der Waals surface area contributed by atoms with E-state index in [9.17, 15) is 14.7 Å². The molecule has 1 unspecified atom stereocenters. The number of carbonyl (C=O) groups excluding carboxylic acids is 2. The van der Waals surface area contributed by atoms with Gasteiger partial charge < -0.3 is 14.6 Å². The lowest BCUT2D eigenvalue weighted by Gasteiger charge is -2.23. The summed E-state index contributed by atoms with van der Waals surface area (Å²) in [6.45, 7) is 6.94. The Balaban J connectivity index is 1.66. The molecule has 0 spiro atoms. The number of amides is 1. The number of Topliss-reactive ketones (excluding diaryl/α,β-unsaturated/α-hetero) is 1. The molecule has 194 valence electrons. The lowest BCUT2D eigenvalue weighted by Crippen LogP contribution is -2.29. The number of anilines is 1. The molecule has 0 bridgehead atoms. The third-order valence-corrected chi connectivity index (χ3v) is 7.29.